The maximum absolute atomic E-state index is 11.6. The van der Waals surface area contributed by atoms with Gasteiger partial charge in [0, 0.05) is 11.1 Å². The van der Waals surface area contributed by atoms with E-state index in [2.05, 4.69) is 0 Å². The lowest BCUT2D eigenvalue weighted by Crippen LogP contribution is -2.34. The molecule has 2 rings (SSSR count). The molecule has 0 aromatic heterocycles. The highest BCUT2D eigenvalue weighted by molar-refractivity contribution is 8.04. The normalized spacial score (nSPS) is 28.1. The van der Waals surface area contributed by atoms with Crippen LogP contribution >= 0.6 is 0 Å². The van der Waals surface area contributed by atoms with Crippen LogP contribution < -0.4 is 0 Å². The van der Waals surface area contributed by atoms with Crippen molar-refractivity contribution in [3.8, 4) is 0 Å². The summed E-state index contributed by atoms with van der Waals surface area (Å²) >= 11 is -2.32. The van der Waals surface area contributed by atoms with Crippen LogP contribution in [-0.2, 0) is 34.2 Å². The molecule has 1 heterocycles. The highest BCUT2D eigenvalue weighted by atomic mass is 32.3. The maximum Gasteiger partial charge on any atom is 0.319 e. The smallest absolute Gasteiger partial charge is 0.319 e. The van der Waals surface area contributed by atoms with E-state index in [1.54, 1.807) is 7.98 Å². The molecule has 0 radical (unpaired) electrons. The van der Waals surface area contributed by atoms with E-state index in [1.165, 1.54) is 3.62 Å². The molecular formula is C8H10BNO2S2. The van der Waals surface area contributed by atoms with Crippen LogP contribution in [0.2, 0.25) is 0 Å². The van der Waals surface area contributed by atoms with Crippen LogP contribution in [0, 0.1) is 0 Å². The van der Waals surface area contributed by atoms with Crippen LogP contribution in [0.5, 0.6) is 0 Å². The first-order valence-electron chi connectivity index (χ1n) is 4.26. The second kappa shape index (κ2) is 4.16. The highest BCUT2D eigenvalue weighted by Gasteiger charge is 2.31. The van der Waals surface area contributed by atoms with Gasteiger partial charge in [-0.15, -0.1) is 0 Å². The SMILES string of the molecule is BN1[S+]([O-])Cc2ccccc2C[S+]1[O-]. The topological polar surface area (TPSA) is 49.4 Å². The predicted octanol–water partition coefficient (Wildman–Crippen LogP) is -0.122. The fourth-order valence-corrected chi connectivity index (χ4v) is 3.90. The first kappa shape index (κ1) is 10.4. The number of hydrogen-bond acceptors (Lipinski definition) is 3. The average Bonchev–Trinajstić information content (AvgIpc) is 2.28. The van der Waals surface area contributed by atoms with Gasteiger partial charge in [-0.1, -0.05) is 24.3 Å². The standard InChI is InChI=1S/C8H10BNO2S2/c9-10-13(11)5-7-3-1-2-4-8(7)6-14(10)12/h1-4H,5-6,9H2. The molecule has 2 atom stereocenters. The lowest BCUT2D eigenvalue weighted by Gasteiger charge is -2.19. The van der Waals surface area contributed by atoms with E-state index in [4.69, 9.17) is 0 Å². The van der Waals surface area contributed by atoms with Crippen molar-refractivity contribution in [3.05, 3.63) is 35.4 Å². The molecule has 0 aliphatic carbocycles. The van der Waals surface area contributed by atoms with Crippen LogP contribution in [0.25, 0.3) is 0 Å². The summed E-state index contributed by atoms with van der Waals surface area (Å²) in [6.45, 7) is 0. The van der Waals surface area contributed by atoms with E-state index in [0.717, 1.165) is 11.1 Å². The molecular weight excluding hydrogens is 217 g/mol. The van der Waals surface area contributed by atoms with E-state index >= 15 is 0 Å². The summed E-state index contributed by atoms with van der Waals surface area (Å²) in [4.78, 5) is 0. The Morgan fingerprint density at radius 1 is 1.07 bits per heavy atom. The predicted molar refractivity (Wildman–Crippen MR) is 60.5 cm³/mol. The maximum atomic E-state index is 11.6. The van der Waals surface area contributed by atoms with Gasteiger partial charge in [0.05, 0.1) is 22.7 Å². The van der Waals surface area contributed by atoms with Crippen molar-refractivity contribution >= 4 is 30.7 Å². The molecule has 1 aromatic rings. The summed E-state index contributed by atoms with van der Waals surface area (Å²) in [5, 5.41) is 0. The third-order valence-electron chi connectivity index (χ3n) is 2.25. The van der Waals surface area contributed by atoms with Crippen molar-refractivity contribution in [3.63, 3.8) is 0 Å². The van der Waals surface area contributed by atoms with Crippen LogP contribution in [0.4, 0.5) is 0 Å². The fraction of sp³-hybridized carbons (Fsp3) is 0.250. The first-order valence-corrected chi connectivity index (χ1v) is 6.81. The number of hydrogen-bond donors (Lipinski definition) is 0. The van der Waals surface area contributed by atoms with Gasteiger partial charge in [-0.3, -0.25) is 0 Å². The Labute approximate surface area is 90.5 Å². The molecule has 0 saturated carbocycles. The van der Waals surface area contributed by atoms with Gasteiger partial charge in [-0.2, -0.15) is 0 Å². The fourth-order valence-electron chi connectivity index (χ4n) is 1.38. The van der Waals surface area contributed by atoms with Crippen molar-refractivity contribution in [1.82, 2.24) is 3.62 Å². The Bertz CT molecular complexity index is 308. The largest absolute Gasteiger partial charge is 0.595 e. The van der Waals surface area contributed by atoms with Crippen LogP contribution in [0.1, 0.15) is 11.1 Å². The summed E-state index contributed by atoms with van der Waals surface area (Å²) in [7, 11) is 1.64. The van der Waals surface area contributed by atoms with Crippen LogP contribution in [0.15, 0.2) is 24.3 Å². The van der Waals surface area contributed by atoms with E-state index in [-0.39, 0.29) is 0 Å². The quantitative estimate of drug-likeness (QED) is 0.458. The summed E-state index contributed by atoms with van der Waals surface area (Å²) in [5.74, 6) is 0.941. The van der Waals surface area contributed by atoms with Gasteiger partial charge < -0.3 is 9.11 Å². The van der Waals surface area contributed by atoms with Crippen LogP contribution in [0.3, 0.4) is 0 Å². The van der Waals surface area contributed by atoms with Gasteiger partial charge in [0.1, 0.15) is 0 Å². The zero-order valence-electron chi connectivity index (χ0n) is 7.80. The van der Waals surface area contributed by atoms with Gasteiger partial charge in [-0.25, -0.2) is 0 Å². The summed E-state index contributed by atoms with van der Waals surface area (Å²) in [6.07, 6.45) is 0. The van der Waals surface area contributed by atoms with Crippen molar-refractivity contribution in [2.75, 3.05) is 0 Å². The number of nitrogens with zero attached hydrogens (tertiary/aromatic N) is 1. The molecule has 14 heavy (non-hydrogen) atoms. The molecule has 6 heteroatoms. The molecule has 0 saturated heterocycles. The van der Waals surface area contributed by atoms with Gasteiger partial charge in [0.15, 0.2) is 11.5 Å². The second-order valence-electron chi connectivity index (χ2n) is 3.14. The third-order valence-corrected chi connectivity index (χ3v) is 5.51. The number of benzene rings is 1. The number of fused-ring (bicyclic) bond motifs is 1. The first-order chi connectivity index (χ1) is 6.68. The van der Waals surface area contributed by atoms with Crippen molar-refractivity contribution in [2.45, 2.75) is 11.5 Å². The lowest BCUT2D eigenvalue weighted by atomic mass is 10.1. The summed E-state index contributed by atoms with van der Waals surface area (Å²) in [5.41, 5.74) is 2.09. The van der Waals surface area contributed by atoms with E-state index in [1.807, 2.05) is 24.3 Å². The lowest BCUT2D eigenvalue weighted by molar-refractivity contribution is 0.551. The van der Waals surface area contributed by atoms with Gasteiger partial charge in [-0.05, 0) is 3.62 Å². The Kier molecular flexibility index (Phi) is 3.09. The minimum absolute atomic E-state index is 0.471. The Morgan fingerprint density at radius 3 is 1.93 bits per heavy atom. The van der Waals surface area contributed by atoms with Crippen molar-refractivity contribution < 1.29 is 9.11 Å². The molecule has 1 aliphatic rings. The molecule has 1 aromatic carbocycles. The summed E-state index contributed by atoms with van der Waals surface area (Å²) < 4.78 is 24.7. The third kappa shape index (κ3) is 1.94. The van der Waals surface area contributed by atoms with Gasteiger partial charge >= 0.3 is 7.98 Å². The average molecular weight is 227 g/mol. The molecule has 3 nitrogen and oxygen atoms in total. The van der Waals surface area contributed by atoms with Crippen molar-refractivity contribution in [1.29, 1.82) is 0 Å². The molecule has 0 amide bonds. The van der Waals surface area contributed by atoms with E-state index < -0.39 is 22.7 Å². The molecule has 0 spiro atoms. The second-order valence-corrected chi connectivity index (χ2v) is 6.33. The zero-order chi connectivity index (χ0) is 10.1. The molecule has 0 fully saturated rings. The van der Waals surface area contributed by atoms with Gasteiger partial charge in [0.2, 0.25) is 0 Å². The molecule has 2 unspecified atom stereocenters. The van der Waals surface area contributed by atoms with E-state index in [0.29, 0.717) is 11.5 Å². The van der Waals surface area contributed by atoms with Crippen LogP contribution in [-0.4, -0.2) is 20.7 Å². The van der Waals surface area contributed by atoms with E-state index in [9.17, 15) is 9.11 Å². The highest BCUT2D eigenvalue weighted by Crippen LogP contribution is 2.24. The number of rotatable bonds is 0. The Balaban J connectivity index is 2.34. The molecule has 0 N–H and O–H groups in total. The zero-order valence-corrected chi connectivity index (χ0v) is 9.44. The summed E-state index contributed by atoms with van der Waals surface area (Å²) in [6, 6.07) is 7.74. The molecule has 74 valence electrons. The van der Waals surface area contributed by atoms with Gasteiger partial charge in [0.25, 0.3) is 0 Å². The monoisotopic (exact) mass is 227 g/mol. The minimum atomic E-state index is -1.16. The van der Waals surface area contributed by atoms with Crippen molar-refractivity contribution in [2.24, 2.45) is 0 Å². The Hall–Kier alpha value is -0.135. The molecule has 1 aliphatic heterocycles. The molecule has 0 bridgehead atoms. The minimum Gasteiger partial charge on any atom is -0.595 e. The Morgan fingerprint density at radius 2 is 1.50 bits per heavy atom.